The van der Waals surface area contributed by atoms with Crippen LogP contribution >= 0.6 is 0 Å². The summed E-state index contributed by atoms with van der Waals surface area (Å²) in [5, 5.41) is 7.84. The first kappa shape index (κ1) is 13.1. The number of hydrazine groups is 1. The van der Waals surface area contributed by atoms with Crippen molar-refractivity contribution in [3.8, 4) is 0 Å². The molecule has 1 rings (SSSR count). The molecule has 1 heterocycles. The summed E-state index contributed by atoms with van der Waals surface area (Å²) >= 11 is 0. The fraction of sp³-hybridized carbons (Fsp3) is 0.800. The van der Waals surface area contributed by atoms with Crippen LogP contribution < -0.4 is 11.3 Å². The number of hydrogen-bond acceptors (Lipinski definition) is 5. The molecule has 0 saturated carbocycles. The molecular formula is C10H22N6. The number of nitrogens with two attached hydrogens (primary N) is 1. The average molecular weight is 226 g/mol. The van der Waals surface area contributed by atoms with E-state index in [4.69, 9.17) is 5.84 Å². The summed E-state index contributed by atoms with van der Waals surface area (Å²) in [7, 11) is 5.98. The van der Waals surface area contributed by atoms with E-state index in [1.54, 1.807) is 10.9 Å². The van der Waals surface area contributed by atoms with Gasteiger partial charge in [-0.05, 0) is 27.4 Å². The summed E-state index contributed by atoms with van der Waals surface area (Å²) in [5.41, 5.74) is 3.78. The Morgan fingerprint density at radius 3 is 2.56 bits per heavy atom. The lowest BCUT2D eigenvalue weighted by Gasteiger charge is -2.42. The third kappa shape index (κ3) is 2.09. The van der Waals surface area contributed by atoms with Gasteiger partial charge in [0.05, 0.1) is 17.9 Å². The van der Waals surface area contributed by atoms with Gasteiger partial charge >= 0.3 is 0 Å². The number of hydrogen-bond donors (Lipinski definition) is 2. The molecule has 3 N–H and O–H groups in total. The number of aryl methyl sites for hydroxylation is 1. The highest BCUT2D eigenvalue weighted by Crippen LogP contribution is 2.31. The fourth-order valence-corrected chi connectivity index (χ4v) is 1.92. The Labute approximate surface area is 96.8 Å². The van der Waals surface area contributed by atoms with Crippen molar-refractivity contribution in [3.63, 3.8) is 0 Å². The molecule has 6 heteroatoms. The maximum atomic E-state index is 5.69. The Kier molecular flexibility index (Phi) is 4.01. The van der Waals surface area contributed by atoms with Crippen LogP contribution in [-0.2, 0) is 7.05 Å². The largest absolute Gasteiger partial charge is 0.302 e. The molecule has 0 aliphatic carbocycles. The number of likely N-dealkylation sites (N-methyl/N-ethyl adjacent to an activating group) is 1. The zero-order valence-corrected chi connectivity index (χ0v) is 10.7. The molecule has 0 saturated heterocycles. The molecule has 0 aliphatic heterocycles. The van der Waals surface area contributed by atoms with Crippen LogP contribution in [0.25, 0.3) is 0 Å². The molecule has 6 nitrogen and oxygen atoms in total. The highest BCUT2D eigenvalue weighted by atomic mass is 15.4. The van der Waals surface area contributed by atoms with Gasteiger partial charge in [-0.3, -0.25) is 10.5 Å². The standard InChI is InChI=1S/C10H22N6/c1-6-10(2,15(3)4)9(13-11)8-7-12-14-16(8)5/h7,9,13H,6,11H2,1-5H3. The van der Waals surface area contributed by atoms with Crippen molar-refractivity contribution in [1.29, 1.82) is 0 Å². The molecule has 0 fully saturated rings. The van der Waals surface area contributed by atoms with E-state index < -0.39 is 0 Å². The quantitative estimate of drug-likeness (QED) is 0.548. The molecule has 2 atom stereocenters. The topological polar surface area (TPSA) is 72.0 Å². The van der Waals surface area contributed by atoms with E-state index in [1.165, 1.54) is 0 Å². The van der Waals surface area contributed by atoms with Crippen molar-refractivity contribution in [2.45, 2.75) is 31.8 Å². The van der Waals surface area contributed by atoms with Crippen LogP contribution in [0.4, 0.5) is 0 Å². The first-order chi connectivity index (χ1) is 7.47. The molecule has 0 amide bonds. The average Bonchev–Trinajstić information content (AvgIpc) is 2.65. The van der Waals surface area contributed by atoms with Gasteiger partial charge in [0, 0.05) is 12.6 Å². The minimum absolute atomic E-state index is 0.00694. The van der Waals surface area contributed by atoms with Gasteiger partial charge in [0.25, 0.3) is 0 Å². The SMILES string of the molecule is CCC(C)(C(NN)c1cnnn1C)N(C)C. The second kappa shape index (κ2) is 4.90. The van der Waals surface area contributed by atoms with Gasteiger partial charge in [-0.2, -0.15) is 0 Å². The first-order valence-corrected chi connectivity index (χ1v) is 5.45. The maximum Gasteiger partial charge on any atom is 0.0825 e. The molecule has 1 aromatic rings. The maximum absolute atomic E-state index is 5.69. The van der Waals surface area contributed by atoms with Gasteiger partial charge in [0.2, 0.25) is 0 Å². The highest BCUT2D eigenvalue weighted by molar-refractivity contribution is 5.10. The van der Waals surface area contributed by atoms with Crippen LogP contribution in [-0.4, -0.2) is 39.5 Å². The van der Waals surface area contributed by atoms with E-state index in [0.717, 1.165) is 12.1 Å². The van der Waals surface area contributed by atoms with Crippen LogP contribution in [0.3, 0.4) is 0 Å². The summed E-state index contributed by atoms with van der Waals surface area (Å²) in [6.07, 6.45) is 2.72. The normalized spacial score (nSPS) is 17.4. The Morgan fingerprint density at radius 2 is 2.25 bits per heavy atom. The molecular weight excluding hydrogens is 204 g/mol. The van der Waals surface area contributed by atoms with Crippen LogP contribution in [0, 0.1) is 0 Å². The summed E-state index contributed by atoms with van der Waals surface area (Å²) < 4.78 is 1.75. The second-order valence-corrected chi connectivity index (χ2v) is 4.49. The van der Waals surface area contributed by atoms with Gasteiger partial charge in [0.15, 0.2) is 0 Å². The van der Waals surface area contributed by atoms with Crippen molar-refractivity contribution in [1.82, 2.24) is 25.3 Å². The highest BCUT2D eigenvalue weighted by Gasteiger charge is 2.37. The van der Waals surface area contributed by atoms with Gasteiger partial charge < -0.3 is 4.90 Å². The van der Waals surface area contributed by atoms with Crippen LogP contribution in [0.5, 0.6) is 0 Å². The molecule has 0 spiro atoms. The van der Waals surface area contributed by atoms with Gasteiger partial charge in [0.1, 0.15) is 0 Å². The lowest BCUT2D eigenvalue weighted by Crippen LogP contribution is -2.53. The zero-order chi connectivity index (χ0) is 12.3. The van der Waals surface area contributed by atoms with Crippen molar-refractivity contribution >= 4 is 0 Å². The minimum Gasteiger partial charge on any atom is -0.302 e. The molecule has 2 unspecified atom stereocenters. The van der Waals surface area contributed by atoms with E-state index in [1.807, 2.05) is 7.05 Å². The number of nitrogens with one attached hydrogen (secondary N) is 1. The zero-order valence-electron chi connectivity index (χ0n) is 10.7. The number of nitrogens with zero attached hydrogens (tertiary/aromatic N) is 4. The fourth-order valence-electron chi connectivity index (χ4n) is 1.92. The summed E-state index contributed by atoms with van der Waals surface area (Å²) in [6, 6.07) is -0.00694. The lowest BCUT2D eigenvalue weighted by atomic mass is 9.86. The lowest BCUT2D eigenvalue weighted by molar-refractivity contribution is 0.109. The molecule has 1 aromatic heterocycles. The summed E-state index contributed by atoms with van der Waals surface area (Å²) in [6.45, 7) is 4.32. The van der Waals surface area contributed by atoms with E-state index in [2.05, 4.69) is 48.6 Å². The summed E-state index contributed by atoms with van der Waals surface area (Å²) in [4.78, 5) is 2.17. The molecule has 0 radical (unpaired) electrons. The monoisotopic (exact) mass is 226 g/mol. The Balaban J connectivity index is 3.11. The predicted octanol–water partition coefficient (Wildman–Crippen LogP) is 0.0498. The van der Waals surface area contributed by atoms with Crippen molar-refractivity contribution in [2.24, 2.45) is 12.9 Å². The molecule has 16 heavy (non-hydrogen) atoms. The Hall–Kier alpha value is -0.980. The van der Waals surface area contributed by atoms with Crippen molar-refractivity contribution < 1.29 is 0 Å². The van der Waals surface area contributed by atoms with Crippen LogP contribution in [0.15, 0.2) is 6.20 Å². The van der Waals surface area contributed by atoms with Gasteiger partial charge in [-0.15, -0.1) is 5.10 Å². The predicted molar refractivity (Wildman–Crippen MR) is 63.5 cm³/mol. The molecule has 0 bridgehead atoms. The van der Waals surface area contributed by atoms with Gasteiger partial charge in [-0.25, -0.2) is 5.43 Å². The Morgan fingerprint density at radius 1 is 1.62 bits per heavy atom. The van der Waals surface area contributed by atoms with E-state index in [0.29, 0.717) is 0 Å². The van der Waals surface area contributed by atoms with Crippen molar-refractivity contribution in [3.05, 3.63) is 11.9 Å². The van der Waals surface area contributed by atoms with Crippen LogP contribution in [0.2, 0.25) is 0 Å². The van der Waals surface area contributed by atoms with Crippen molar-refractivity contribution in [2.75, 3.05) is 14.1 Å². The third-order valence-corrected chi connectivity index (χ3v) is 3.57. The smallest absolute Gasteiger partial charge is 0.0825 e. The van der Waals surface area contributed by atoms with E-state index in [9.17, 15) is 0 Å². The second-order valence-electron chi connectivity index (χ2n) is 4.49. The number of aromatic nitrogens is 3. The minimum atomic E-state index is -0.0791. The van der Waals surface area contributed by atoms with E-state index in [-0.39, 0.29) is 11.6 Å². The molecule has 0 aliphatic rings. The third-order valence-electron chi connectivity index (χ3n) is 3.57. The molecule has 0 aromatic carbocycles. The molecule has 92 valence electrons. The first-order valence-electron chi connectivity index (χ1n) is 5.45. The van der Waals surface area contributed by atoms with E-state index >= 15 is 0 Å². The number of rotatable bonds is 5. The Bertz CT molecular complexity index is 334. The van der Waals surface area contributed by atoms with Gasteiger partial charge in [-0.1, -0.05) is 12.1 Å². The summed E-state index contributed by atoms with van der Waals surface area (Å²) in [5.74, 6) is 5.69. The van der Waals surface area contributed by atoms with Crippen LogP contribution in [0.1, 0.15) is 32.0 Å².